The van der Waals surface area contributed by atoms with Crippen LogP contribution < -0.4 is 0 Å². The quantitative estimate of drug-likeness (QED) is 0.448. The van der Waals surface area contributed by atoms with Gasteiger partial charge in [-0.1, -0.05) is 52.5 Å². The van der Waals surface area contributed by atoms with Gasteiger partial charge in [0.2, 0.25) is 4.33 Å². The zero-order chi connectivity index (χ0) is 20.6. The lowest BCUT2D eigenvalue weighted by Crippen LogP contribution is -2.41. The third-order valence-corrected chi connectivity index (χ3v) is 7.88. The van der Waals surface area contributed by atoms with E-state index in [2.05, 4.69) is 0 Å². The zero-order valence-electron chi connectivity index (χ0n) is 15.8. The molecule has 0 saturated carbocycles. The molecule has 1 amide bonds. The van der Waals surface area contributed by atoms with E-state index < -0.39 is 31.1 Å². The maximum atomic E-state index is 13.0. The van der Waals surface area contributed by atoms with E-state index >= 15 is 0 Å². The predicted octanol–water partition coefficient (Wildman–Crippen LogP) is 5.06. The van der Waals surface area contributed by atoms with Gasteiger partial charge in [0.15, 0.2) is 0 Å². The second-order valence-corrected chi connectivity index (χ2v) is 11.5. The molecule has 1 aromatic rings. The summed E-state index contributed by atoms with van der Waals surface area (Å²) in [6.45, 7) is 7.40. The Morgan fingerprint density at radius 2 is 1.85 bits per heavy atom. The summed E-state index contributed by atoms with van der Waals surface area (Å²) in [5, 5.41) is 0. The molecular formula is C19H24Cl3NO3S. The Morgan fingerprint density at radius 1 is 1.30 bits per heavy atom. The fraction of sp³-hybridized carbons (Fsp3) is 0.526. The first kappa shape index (κ1) is 22.5. The summed E-state index contributed by atoms with van der Waals surface area (Å²) in [6.07, 6.45) is 3.22. The zero-order valence-corrected chi connectivity index (χ0v) is 18.9. The van der Waals surface area contributed by atoms with Crippen molar-refractivity contribution in [2.75, 3.05) is 6.54 Å². The number of aryl methyl sites for hydroxylation is 1. The molecule has 0 radical (unpaired) electrons. The Kier molecular flexibility index (Phi) is 6.63. The van der Waals surface area contributed by atoms with Gasteiger partial charge in [0.05, 0.1) is 9.77 Å². The van der Waals surface area contributed by atoms with Crippen LogP contribution in [0.3, 0.4) is 0 Å². The van der Waals surface area contributed by atoms with E-state index in [0.717, 1.165) is 15.4 Å². The Morgan fingerprint density at radius 3 is 2.37 bits per heavy atom. The smallest absolute Gasteiger partial charge is 0.270 e. The van der Waals surface area contributed by atoms with Crippen molar-refractivity contribution in [1.82, 2.24) is 4.31 Å². The summed E-state index contributed by atoms with van der Waals surface area (Å²) in [5.74, 6) is -1.60. The number of alkyl halides is 3. The third kappa shape index (κ3) is 4.64. The van der Waals surface area contributed by atoms with E-state index in [-0.39, 0.29) is 11.4 Å². The minimum atomic E-state index is -4.06. The first-order valence-corrected chi connectivity index (χ1v) is 11.2. The van der Waals surface area contributed by atoms with Crippen LogP contribution in [0.2, 0.25) is 0 Å². The summed E-state index contributed by atoms with van der Waals surface area (Å²) < 4.78 is 24.8. The number of sulfonamides is 1. The van der Waals surface area contributed by atoms with Gasteiger partial charge in [-0.2, -0.15) is 0 Å². The van der Waals surface area contributed by atoms with Crippen molar-refractivity contribution in [3.05, 3.63) is 41.5 Å². The van der Waals surface area contributed by atoms with Gasteiger partial charge >= 0.3 is 0 Å². The largest absolute Gasteiger partial charge is 0.273 e. The molecule has 0 unspecified atom stereocenters. The Labute approximate surface area is 176 Å². The van der Waals surface area contributed by atoms with E-state index in [4.69, 9.17) is 34.8 Å². The van der Waals surface area contributed by atoms with Crippen LogP contribution in [-0.2, 0) is 14.8 Å². The molecule has 0 aliphatic carbocycles. The van der Waals surface area contributed by atoms with E-state index in [1.54, 1.807) is 19.1 Å². The minimum Gasteiger partial charge on any atom is -0.270 e. The van der Waals surface area contributed by atoms with Gasteiger partial charge in [-0.25, -0.2) is 12.7 Å². The summed E-state index contributed by atoms with van der Waals surface area (Å²) in [6, 6.07) is 6.27. The normalized spacial score (nSPS) is 21.8. The van der Waals surface area contributed by atoms with Gasteiger partial charge in [0.1, 0.15) is 0 Å². The maximum Gasteiger partial charge on any atom is 0.273 e. The van der Waals surface area contributed by atoms with Crippen LogP contribution in [-0.4, -0.2) is 34.4 Å². The number of nitrogens with zero attached hydrogens (tertiary/aromatic N) is 1. The van der Waals surface area contributed by atoms with Gasteiger partial charge < -0.3 is 0 Å². The van der Waals surface area contributed by atoms with Gasteiger partial charge in [-0.05, 0) is 52.7 Å². The third-order valence-electron chi connectivity index (χ3n) is 4.82. The monoisotopic (exact) mass is 451 g/mol. The first-order chi connectivity index (χ1) is 12.3. The number of benzene rings is 1. The Hall–Kier alpha value is -0.750. The molecule has 0 aromatic heterocycles. The standard InChI is InChI=1S/C19H24Cl3NO3S/c1-13(2)6-5-11-18(4,20)16-12-23(17(24)19(16,21)22)27(25,26)15-9-7-14(3)8-10-15/h6-10,16H,5,11-12H2,1-4H3/t16-,18+/m0/s1. The predicted molar refractivity (Wildman–Crippen MR) is 111 cm³/mol. The minimum absolute atomic E-state index is 0.0204. The fourth-order valence-electron chi connectivity index (χ4n) is 3.11. The molecule has 27 heavy (non-hydrogen) atoms. The average molecular weight is 453 g/mol. The molecule has 1 aromatic carbocycles. The van der Waals surface area contributed by atoms with Crippen molar-refractivity contribution >= 4 is 50.7 Å². The van der Waals surface area contributed by atoms with E-state index in [0.29, 0.717) is 12.8 Å². The molecule has 1 aliphatic rings. The van der Waals surface area contributed by atoms with Crippen molar-refractivity contribution < 1.29 is 13.2 Å². The average Bonchev–Trinajstić information content (AvgIpc) is 2.78. The van der Waals surface area contributed by atoms with Crippen molar-refractivity contribution in [1.29, 1.82) is 0 Å². The van der Waals surface area contributed by atoms with Crippen molar-refractivity contribution in [3.63, 3.8) is 0 Å². The summed E-state index contributed by atoms with van der Waals surface area (Å²) in [4.78, 5) is 11.8. The molecule has 0 spiro atoms. The maximum absolute atomic E-state index is 13.0. The lowest BCUT2D eigenvalue weighted by atomic mass is 9.87. The Balaban J connectivity index is 2.33. The number of carbonyl (C=O) groups excluding carboxylic acids is 1. The highest BCUT2D eigenvalue weighted by atomic mass is 35.5. The molecule has 0 N–H and O–H groups in total. The number of hydrogen-bond acceptors (Lipinski definition) is 3. The van der Waals surface area contributed by atoms with Crippen molar-refractivity contribution in [3.8, 4) is 0 Å². The SMILES string of the molecule is CC(C)=CCC[C@@](C)(Cl)[C@@H]1CN(S(=O)(=O)c2ccc(C)cc2)C(=O)C1(Cl)Cl. The van der Waals surface area contributed by atoms with Gasteiger partial charge in [0.25, 0.3) is 15.9 Å². The Bertz CT molecular complexity index is 841. The van der Waals surface area contributed by atoms with Gasteiger partial charge in [-0.15, -0.1) is 11.6 Å². The van der Waals surface area contributed by atoms with Gasteiger partial charge in [0, 0.05) is 12.5 Å². The molecule has 8 heteroatoms. The summed E-state index contributed by atoms with van der Waals surface area (Å²) >= 11 is 19.4. The molecule has 4 nitrogen and oxygen atoms in total. The summed E-state index contributed by atoms with van der Waals surface area (Å²) in [5.41, 5.74) is 2.06. The molecule has 1 heterocycles. The molecule has 2 rings (SSSR count). The van der Waals surface area contributed by atoms with Crippen LogP contribution in [0, 0.1) is 12.8 Å². The van der Waals surface area contributed by atoms with Crippen LogP contribution in [0.1, 0.15) is 39.2 Å². The van der Waals surface area contributed by atoms with Crippen LogP contribution in [0.25, 0.3) is 0 Å². The van der Waals surface area contributed by atoms with E-state index in [9.17, 15) is 13.2 Å². The number of hydrogen-bond donors (Lipinski definition) is 0. The molecule has 1 fully saturated rings. The summed E-state index contributed by atoms with van der Waals surface area (Å²) in [7, 11) is -4.06. The van der Waals surface area contributed by atoms with Crippen LogP contribution >= 0.6 is 34.8 Å². The van der Waals surface area contributed by atoms with Crippen LogP contribution in [0.5, 0.6) is 0 Å². The second-order valence-electron chi connectivity index (χ2n) is 7.43. The van der Waals surface area contributed by atoms with Gasteiger partial charge in [-0.3, -0.25) is 4.79 Å². The number of carbonyl (C=O) groups is 1. The fourth-order valence-corrected chi connectivity index (χ4v) is 5.93. The second kappa shape index (κ2) is 7.94. The molecule has 1 saturated heterocycles. The van der Waals surface area contributed by atoms with Crippen LogP contribution in [0.15, 0.2) is 40.8 Å². The lowest BCUT2D eigenvalue weighted by molar-refractivity contribution is -0.124. The highest BCUT2D eigenvalue weighted by molar-refractivity contribution is 7.89. The number of rotatable bonds is 6. The topological polar surface area (TPSA) is 54.5 Å². The number of allylic oxidation sites excluding steroid dienone is 2. The highest BCUT2D eigenvalue weighted by Gasteiger charge is 2.60. The van der Waals surface area contributed by atoms with Crippen molar-refractivity contribution in [2.24, 2.45) is 5.92 Å². The van der Waals surface area contributed by atoms with E-state index in [1.165, 1.54) is 12.1 Å². The first-order valence-electron chi connectivity index (χ1n) is 8.64. The number of halogens is 3. The highest BCUT2D eigenvalue weighted by Crippen LogP contribution is 2.49. The molecule has 2 atom stereocenters. The van der Waals surface area contributed by atoms with Crippen LogP contribution in [0.4, 0.5) is 0 Å². The van der Waals surface area contributed by atoms with E-state index in [1.807, 2.05) is 26.8 Å². The molecule has 0 bridgehead atoms. The lowest BCUT2D eigenvalue weighted by Gasteiger charge is -2.32. The van der Waals surface area contributed by atoms with Crippen molar-refractivity contribution in [2.45, 2.75) is 54.6 Å². The molecular weight excluding hydrogens is 429 g/mol. The number of amides is 1. The molecule has 150 valence electrons. The molecule has 1 aliphatic heterocycles.